The summed E-state index contributed by atoms with van der Waals surface area (Å²) in [6.45, 7) is 0. The fourth-order valence-electron chi connectivity index (χ4n) is 6.72. The number of nitrogens with one attached hydrogen (secondary N) is 1. The van der Waals surface area contributed by atoms with Gasteiger partial charge in [-0.3, -0.25) is 9.59 Å². The lowest BCUT2D eigenvalue weighted by Crippen LogP contribution is -2.36. The molecule has 0 radical (unpaired) electrons. The largest absolute Gasteiger partial charge is 0.497 e. The van der Waals surface area contributed by atoms with Crippen molar-refractivity contribution < 1.29 is 14.3 Å². The van der Waals surface area contributed by atoms with Crippen molar-refractivity contribution in [3.05, 3.63) is 59.8 Å². The number of H-pyrrole nitrogens is 1. The van der Waals surface area contributed by atoms with E-state index in [4.69, 9.17) is 4.74 Å². The molecule has 6 rings (SSSR count). The topological polar surface area (TPSA) is 62.4 Å². The van der Waals surface area contributed by atoms with E-state index in [0.717, 1.165) is 30.5 Å². The van der Waals surface area contributed by atoms with Crippen LogP contribution in [0.3, 0.4) is 0 Å². The molecule has 5 nitrogen and oxygen atoms in total. The number of methoxy groups -OCH3 is 1. The van der Waals surface area contributed by atoms with Gasteiger partial charge in [0.25, 0.3) is 0 Å². The Labute approximate surface area is 194 Å². The number of nitrogens with zero attached hydrogens (tertiary/aromatic N) is 1. The lowest BCUT2D eigenvalue weighted by molar-refractivity contribution is -0.123. The number of ether oxygens (including phenoxy) is 1. The Hall–Kier alpha value is -3.08. The van der Waals surface area contributed by atoms with Crippen LogP contribution in [0.2, 0.25) is 0 Å². The molecule has 2 aromatic carbocycles. The zero-order valence-electron chi connectivity index (χ0n) is 19.0. The van der Waals surface area contributed by atoms with Crippen molar-refractivity contribution in [3.8, 4) is 5.75 Å². The fourth-order valence-corrected chi connectivity index (χ4v) is 6.72. The van der Waals surface area contributed by atoms with E-state index in [-0.39, 0.29) is 23.7 Å². The number of carbonyl (C=O) groups excluding carboxylic acids is 2. The van der Waals surface area contributed by atoms with Gasteiger partial charge in [0.05, 0.1) is 24.6 Å². The summed E-state index contributed by atoms with van der Waals surface area (Å²) < 4.78 is 5.28. The first kappa shape index (κ1) is 20.5. The van der Waals surface area contributed by atoms with Crippen LogP contribution in [-0.2, 0) is 9.59 Å². The standard InChI is InChI=1S/C28H30N2O3/c1-33-18-15-13-17(14-16-18)30-27(31)24-20-10-6-4-2-3-5-9-19(20)23-21-11-7-8-12-22(21)29-26(23)25(24)28(30)32/h7-8,11-16,19-20,24-25,29H,2-6,9-10H2,1H3/t19-,20-,24-,25+/m0/s1. The zero-order valence-corrected chi connectivity index (χ0v) is 19.0. The Balaban J connectivity index is 1.51. The number of imide groups is 1. The lowest BCUT2D eigenvalue weighted by Gasteiger charge is -2.38. The van der Waals surface area contributed by atoms with Gasteiger partial charge >= 0.3 is 0 Å². The number of amides is 2. The molecule has 0 bridgehead atoms. The van der Waals surface area contributed by atoms with Gasteiger partial charge in [0.1, 0.15) is 5.75 Å². The van der Waals surface area contributed by atoms with Crippen LogP contribution < -0.4 is 9.64 Å². The van der Waals surface area contributed by atoms with Gasteiger partial charge in [-0.2, -0.15) is 0 Å². The second-order valence-corrected chi connectivity index (χ2v) is 9.83. The second kappa shape index (κ2) is 8.05. The second-order valence-electron chi connectivity index (χ2n) is 9.83. The number of benzene rings is 2. The van der Waals surface area contributed by atoms with Crippen molar-refractivity contribution in [1.29, 1.82) is 0 Å². The predicted molar refractivity (Wildman–Crippen MR) is 129 cm³/mol. The van der Waals surface area contributed by atoms with Crippen LogP contribution in [0.1, 0.15) is 68.0 Å². The summed E-state index contributed by atoms with van der Waals surface area (Å²) in [7, 11) is 1.62. The SMILES string of the molecule is COc1ccc(N2C(=O)[C@H]3[C@H]4CCCCCCC[C@@H]4c4c([nH]c5ccccc45)[C@@H]3C2=O)cc1. The first-order valence-corrected chi connectivity index (χ1v) is 12.3. The third kappa shape index (κ3) is 3.12. The van der Waals surface area contributed by atoms with Crippen molar-refractivity contribution in [2.75, 3.05) is 12.0 Å². The van der Waals surface area contributed by atoms with Gasteiger partial charge in [-0.25, -0.2) is 4.90 Å². The van der Waals surface area contributed by atoms with Crippen LogP contribution in [0.5, 0.6) is 5.75 Å². The molecule has 3 aliphatic rings. The third-order valence-electron chi connectivity index (χ3n) is 8.17. The zero-order chi connectivity index (χ0) is 22.5. The van der Waals surface area contributed by atoms with Gasteiger partial charge in [-0.1, -0.05) is 50.3 Å². The van der Waals surface area contributed by atoms with Gasteiger partial charge in [-0.15, -0.1) is 0 Å². The Morgan fingerprint density at radius 1 is 0.879 bits per heavy atom. The van der Waals surface area contributed by atoms with Crippen molar-refractivity contribution >= 4 is 28.4 Å². The molecular formula is C28H30N2O3. The maximum absolute atomic E-state index is 13.9. The first-order chi connectivity index (χ1) is 16.2. The quantitative estimate of drug-likeness (QED) is 0.502. The van der Waals surface area contributed by atoms with Crippen molar-refractivity contribution in [3.63, 3.8) is 0 Å². The van der Waals surface area contributed by atoms with Crippen LogP contribution in [0.4, 0.5) is 5.69 Å². The van der Waals surface area contributed by atoms with Gasteiger partial charge < -0.3 is 9.72 Å². The van der Waals surface area contributed by atoms with E-state index in [1.54, 1.807) is 7.11 Å². The number of rotatable bonds is 2. The fraction of sp³-hybridized carbons (Fsp3) is 0.429. The van der Waals surface area contributed by atoms with E-state index >= 15 is 0 Å². The smallest absolute Gasteiger partial charge is 0.243 e. The van der Waals surface area contributed by atoms with E-state index in [1.165, 1.54) is 41.5 Å². The van der Waals surface area contributed by atoms with Gasteiger partial charge in [0.15, 0.2) is 0 Å². The molecule has 170 valence electrons. The van der Waals surface area contributed by atoms with Crippen molar-refractivity contribution in [2.45, 2.75) is 56.8 Å². The Bertz CT molecular complexity index is 1210. The highest BCUT2D eigenvalue weighted by atomic mass is 16.5. The molecule has 2 fully saturated rings. The molecule has 2 amide bonds. The first-order valence-electron chi connectivity index (χ1n) is 12.3. The average Bonchev–Trinajstić information content (AvgIpc) is 3.37. The van der Waals surface area contributed by atoms with Gasteiger partial charge in [-0.05, 0) is 60.6 Å². The summed E-state index contributed by atoms with van der Waals surface area (Å²) in [6, 6.07) is 15.7. The molecule has 2 aliphatic carbocycles. The summed E-state index contributed by atoms with van der Waals surface area (Å²) in [6.07, 6.45) is 8.14. The van der Waals surface area contributed by atoms with E-state index in [0.29, 0.717) is 17.4 Å². The summed E-state index contributed by atoms with van der Waals surface area (Å²) in [5.74, 6) is 0.398. The molecule has 4 atom stereocenters. The molecule has 1 saturated carbocycles. The molecule has 0 unspecified atom stereocenters. The van der Waals surface area contributed by atoms with Crippen LogP contribution in [0.15, 0.2) is 48.5 Å². The maximum atomic E-state index is 13.9. The average molecular weight is 443 g/mol. The molecule has 5 heteroatoms. The lowest BCUT2D eigenvalue weighted by atomic mass is 9.63. The third-order valence-corrected chi connectivity index (χ3v) is 8.17. The Morgan fingerprint density at radius 3 is 2.39 bits per heavy atom. The number of carbonyl (C=O) groups is 2. The normalized spacial score (nSPS) is 27.4. The molecule has 0 spiro atoms. The highest BCUT2D eigenvalue weighted by molar-refractivity contribution is 6.24. The molecule has 1 N–H and O–H groups in total. The number of anilines is 1. The van der Waals surface area contributed by atoms with E-state index < -0.39 is 5.92 Å². The number of aromatic nitrogens is 1. The summed E-state index contributed by atoms with van der Waals surface area (Å²) in [4.78, 5) is 32.9. The summed E-state index contributed by atoms with van der Waals surface area (Å²) in [5.41, 5.74) is 4.00. The number of hydrogen-bond acceptors (Lipinski definition) is 3. The number of para-hydroxylation sites is 1. The van der Waals surface area contributed by atoms with E-state index in [1.807, 2.05) is 30.3 Å². The number of aromatic amines is 1. The van der Waals surface area contributed by atoms with Crippen LogP contribution in [0, 0.1) is 11.8 Å². The van der Waals surface area contributed by atoms with E-state index in [2.05, 4.69) is 23.2 Å². The minimum absolute atomic E-state index is 0.0336. The van der Waals surface area contributed by atoms with Crippen molar-refractivity contribution in [1.82, 2.24) is 4.98 Å². The Morgan fingerprint density at radius 2 is 1.61 bits per heavy atom. The summed E-state index contributed by atoms with van der Waals surface area (Å²) in [5, 5.41) is 1.23. The number of fused-ring (bicyclic) bond motifs is 8. The maximum Gasteiger partial charge on any atom is 0.243 e. The predicted octanol–water partition coefficient (Wildman–Crippen LogP) is 5.91. The molecular weight excluding hydrogens is 412 g/mol. The number of hydrogen-bond donors (Lipinski definition) is 1. The minimum atomic E-state index is -0.427. The highest BCUT2D eigenvalue weighted by Gasteiger charge is 2.57. The molecule has 1 aromatic heterocycles. The molecule has 2 heterocycles. The monoisotopic (exact) mass is 442 g/mol. The molecule has 3 aromatic rings. The van der Waals surface area contributed by atoms with Crippen LogP contribution >= 0.6 is 0 Å². The molecule has 33 heavy (non-hydrogen) atoms. The van der Waals surface area contributed by atoms with Crippen LogP contribution in [0.25, 0.3) is 10.9 Å². The molecule has 1 saturated heterocycles. The molecule has 1 aliphatic heterocycles. The Kier molecular flexibility index (Phi) is 5.01. The van der Waals surface area contributed by atoms with Gasteiger partial charge in [0, 0.05) is 16.6 Å². The van der Waals surface area contributed by atoms with Crippen LogP contribution in [-0.4, -0.2) is 23.9 Å². The van der Waals surface area contributed by atoms with E-state index in [9.17, 15) is 9.59 Å². The minimum Gasteiger partial charge on any atom is -0.497 e. The van der Waals surface area contributed by atoms with Gasteiger partial charge in [0.2, 0.25) is 11.8 Å². The summed E-state index contributed by atoms with van der Waals surface area (Å²) >= 11 is 0. The highest BCUT2D eigenvalue weighted by Crippen LogP contribution is 2.56. The van der Waals surface area contributed by atoms with Crippen molar-refractivity contribution in [2.24, 2.45) is 11.8 Å².